The number of rotatable bonds is 0. The van der Waals surface area contributed by atoms with E-state index in [0.717, 1.165) is 0 Å². The normalized spacial score (nSPS) is 15.9. The summed E-state index contributed by atoms with van der Waals surface area (Å²) in [5.41, 5.74) is 10.6. The molecule has 0 aliphatic carbocycles. The van der Waals surface area contributed by atoms with Crippen LogP contribution in [-0.4, -0.2) is 65.4 Å². The van der Waals surface area contributed by atoms with Crippen molar-refractivity contribution in [1.29, 1.82) is 10.8 Å². The van der Waals surface area contributed by atoms with Gasteiger partial charge in [0.15, 0.2) is 11.9 Å². The van der Waals surface area contributed by atoms with E-state index in [1.54, 1.807) is 9.80 Å². The van der Waals surface area contributed by atoms with Gasteiger partial charge in [-0.15, -0.1) is 0 Å². The maximum absolute atomic E-state index is 8.74. The van der Waals surface area contributed by atoms with E-state index >= 15 is 0 Å². The standard InChI is InChI=1S/C6H14N6.H2O4S/c7-5(8)11-1-2-12(4-3-11)6(9)10;1-5(2,3)4/h1-4H2,(H3,7,8)(H3,9,10);(H2,1,2,3,4). The number of nitrogens with one attached hydrogen (secondary N) is 2. The predicted octanol–water partition coefficient (Wildman–Crippen LogP) is -2.26. The zero-order chi connectivity index (χ0) is 13.6. The predicted molar refractivity (Wildman–Crippen MR) is 61.2 cm³/mol. The average molecular weight is 268 g/mol. The lowest BCUT2D eigenvalue weighted by Crippen LogP contribution is -2.53. The number of guanidine groups is 2. The summed E-state index contributed by atoms with van der Waals surface area (Å²) >= 11 is 0. The van der Waals surface area contributed by atoms with Crippen molar-refractivity contribution in [2.75, 3.05) is 26.2 Å². The first-order valence-corrected chi connectivity index (χ1v) is 5.88. The van der Waals surface area contributed by atoms with Gasteiger partial charge in [0.1, 0.15) is 0 Å². The SMILES string of the molecule is N=C(N)N1CCN(C(=N)N)CC1.O=S(=O)(O)O. The summed E-state index contributed by atoms with van der Waals surface area (Å²) in [5.74, 6) is 0.191. The Morgan fingerprint density at radius 1 is 0.941 bits per heavy atom. The number of hydrogen-bond acceptors (Lipinski definition) is 4. The molecule has 1 rings (SSSR count). The molecule has 10 nitrogen and oxygen atoms in total. The summed E-state index contributed by atoms with van der Waals surface area (Å²) in [7, 11) is -4.67. The van der Waals surface area contributed by atoms with Gasteiger partial charge < -0.3 is 21.3 Å². The Morgan fingerprint density at radius 3 is 1.24 bits per heavy atom. The van der Waals surface area contributed by atoms with Gasteiger partial charge in [0, 0.05) is 26.2 Å². The summed E-state index contributed by atoms with van der Waals surface area (Å²) < 4.78 is 31.6. The van der Waals surface area contributed by atoms with Crippen LogP contribution in [0.2, 0.25) is 0 Å². The van der Waals surface area contributed by atoms with E-state index in [-0.39, 0.29) is 11.9 Å². The van der Waals surface area contributed by atoms with Crippen LogP contribution in [0.1, 0.15) is 0 Å². The van der Waals surface area contributed by atoms with Crippen molar-refractivity contribution in [1.82, 2.24) is 9.80 Å². The van der Waals surface area contributed by atoms with Crippen LogP contribution < -0.4 is 11.5 Å². The second-order valence-corrected chi connectivity index (χ2v) is 4.09. The van der Waals surface area contributed by atoms with Crippen LogP contribution in [-0.2, 0) is 10.4 Å². The fourth-order valence-electron chi connectivity index (χ4n) is 1.19. The average Bonchev–Trinajstić information content (AvgIpc) is 2.15. The maximum Gasteiger partial charge on any atom is 0.394 e. The third kappa shape index (κ3) is 8.24. The molecule has 1 heterocycles. The zero-order valence-electron chi connectivity index (χ0n) is 9.00. The second-order valence-electron chi connectivity index (χ2n) is 3.19. The lowest BCUT2D eigenvalue weighted by Gasteiger charge is -2.34. The molecule has 100 valence electrons. The molecule has 0 spiro atoms. The van der Waals surface area contributed by atoms with E-state index in [0.29, 0.717) is 26.2 Å². The van der Waals surface area contributed by atoms with Crippen molar-refractivity contribution in [3.8, 4) is 0 Å². The maximum atomic E-state index is 8.74. The number of hydrogen-bond donors (Lipinski definition) is 6. The van der Waals surface area contributed by atoms with Crippen molar-refractivity contribution in [2.24, 2.45) is 11.5 Å². The number of nitrogens with zero attached hydrogens (tertiary/aromatic N) is 2. The molecule has 1 aliphatic rings. The van der Waals surface area contributed by atoms with Crippen LogP contribution in [0, 0.1) is 10.8 Å². The van der Waals surface area contributed by atoms with Gasteiger partial charge in [0.25, 0.3) is 0 Å². The lowest BCUT2D eigenvalue weighted by atomic mass is 10.3. The van der Waals surface area contributed by atoms with Gasteiger partial charge in [0.05, 0.1) is 0 Å². The molecule has 0 saturated carbocycles. The molecule has 0 atom stereocenters. The molecule has 8 N–H and O–H groups in total. The third-order valence-corrected chi connectivity index (χ3v) is 1.96. The van der Waals surface area contributed by atoms with Crippen LogP contribution >= 0.6 is 0 Å². The molecule has 11 heteroatoms. The van der Waals surface area contributed by atoms with E-state index in [4.69, 9.17) is 39.8 Å². The van der Waals surface area contributed by atoms with E-state index < -0.39 is 10.4 Å². The van der Waals surface area contributed by atoms with Gasteiger partial charge in [-0.25, -0.2) is 0 Å². The van der Waals surface area contributed by atoms with Gasteiger partial charge in [-0.2, -0.15) is 8.42 Å². The molecule has 0 aromatic heterocycles. The Bertz CT molecular complexity index is 344. The number of piperazine rings is 1. The van der Waals surface area contributed by atoms with Crippen molar-refractivity contribution < 1.29 is 17.5 Å². The van der Waals surface area contributed by atoms with Crippen LogP contribution in [0.3, 0.4) is 0 Å². The minimum atomic E-state index is -4.67. The smallest absolute Gasteiger partial charge is 0.370 e. The largest absolute Gasteiger partial charge is 0.394 e. The Balaban J connectivity index is 0.000000437. The van der Waals surface area contributed by atoms with Crippen LogP contribution in [0.4, 0.5) is 0 Å². The minimum Gasteiger partial charge on any atom is -0.370 e. The van der Waals surface area contributed by atoms with Crippen LogP contribution in [0.15, 0.2) is 0 Å². The van der Waals surface area contributed by atoms with Crippen LogP contribution in [0.25, 0.3) is 0 Å². The van der Waals surface area contributed by atoms with E-state index in [2.05, 4.69) is 0 Å². The Kier molecular flexibility index (Phi) is 5.64. The van der Waals surface area contributed by atoms with Gasteiger partial charge in [-0.1, -0.05) is 0 Å². The zero-order valence-corrected chi connectivity index (χ0v) is 9.81. The highest BCUT2D eigenvalue weighted by Crippen LogP contribution is 1.98. The Morgan fingerprint density at radius 2 is 1.12 bits per heavy atom. The Hall–Kier alpha value is -1.59. The van der Waals surface area contributed by atoms with Crippen molar-refractivity contribution in [3.63, 3.8) is 0 Å². The van der Waals surface area contributed by atoms with Gasteiger partial charge in [-0.3, -0.25) is 19.9 Å². The summed E-state index contributed by atoms with van der Waals surface area (Å²) in [6.07, 6.45) is 0. The second kappa shape index (κ2) is 6.22. The van der Waals surface area contributed by atoms with Crippen molar-refractivity contribution in [2.45, 2.75) is 0 Å². The highest BCUT2D eigenvalue weighted by Gasteiger charge is 2.17. The van der Waals surface area contributed by atoms with Gasteiger partial charge in [-0.05, 0) is 0 Å². The molecular formula is C6H16N6O4S. The first-order valence-electron chi connectivity index (χ1n) is 4.49. The molecule has 0 aromatic rings. The first kappa shape index (κ1) is 15.4. The summed E-state index contributed by atoms with van der Waals surface area (Å²) in [6, 6.07) is 0. The van der Waals surface area contributed by atoms with Crippen molar-refractivity contribution in [3.05, 3.63) is 0 Å². The molecule has 1 fully saturated rings. The minimum absolute atomic E-state index is 0.0956. The highest BCUT2D eigenvalue weighted by atomic mass is 32.3. The fourth-order valence-corrected chi connectivity index (χ4v) is 1.19. The molecule has 0 bridgehead atoms. The Labute approximate surface area is 98.8 Å². The van der Waals surface area contributed by atoms with Gasteiger partial charge >= 0.3 is 10.4 Å². The lowest BCUT2D eigenvalue weighted by molar-refractivity contribution is 0.253. The molecule has 1 aliphatic heterocycles. The van der Waals surface area contributed by atoms with Crippen molar-refractivity contribution >= 4 is 22.3 Å². The summed E-state index contributed by atoms with van der Waals surface area (Å²) in [5, 5.41) is 14.3. The first-order chi connectivity index (χ1) is 7.61. The van der Waals surface area contributed by atoms with E-state index in [1.165, 1.54) is 0 Å². The summed E-state index contributed by atoms with van der Waals surface area (Å²) in [6.45, 7) is 2.70. The quantitative estimate of drug-likeness (QED) is 0.161. The molecule has 17 heavy (non-hydrogen) atoms. The van der Waals surface area contributed by atoms with Gasteiger partial charge in [0.2, 0.25) is 0 Å². The monoisotopic (exact) mass is 268 g/mol. The summed E-state index contributed by atoms with van der Waals surface area (Å²) in [4.78, 5) is 3.53. The van der Waals surface area contributed by atoms with E-state index in [1.807, 2.05) is 0 Å². The molecule has 0 amide bonds. The third-order valence-electron chi connectivity index (χ3n) is 1.96. The van der Waals surface area contributed by atoms with E-state index in [9.17, 15) is 0 Å². The number of nitrogens with two attached hydrogens (primary N) is 2. The van der Waals surface area contributed by atoms with Crippen LogP contribution in [0.5, 0.6) is 0 Å². The molecule has 0 unspecified atom stereocenters. The molecule has 0 aromatic carbocycles. The highest BCUT2D eigenvalue weighted by molar-refractivity contribution is 7.79. The molecule has 0 radical (unpaired) electrons. The molecule has 1 saturated heterocycles. The fraction of sp³-hybridized carbons (Fsp3) is 0.667. The topological polar surface area (TPSA) is 181 Å². The molecular weight excluding hydrogens is 252 g/mol.